The SMILES string of the molecule is CC(C=O)c1ccc(Cl)c(C(=O)NCC23CC4CC(CC(C4)C2)C3)c1. The van der Waals surface area contributed by atoms with Gasteiger partial charge in [-0.15, -0.1) is 0 Å². The summed E-state index contributed by atoms with van der Waals surface area (Å²) < 4.78 is 0. The minimum atomic E-state index is -0.230. The number of nitrogens with one attached hydrogen (secondary N) is 1. The van der Waals surface area contributed by atoms with Crippen LogP contribution in [0.4, 0.5) is 0 Å². The summed E-state index contributed by atoms with van der Waals surface area (Å²) in [6, 6.07) is 5.30. The zero-order chi connectivity index (χ0) is 17.6. The van der Waals surface area contributed by atoms with E-state index in [0.717, 1.165) is 36.1 Å². The van der Waals surface area contributed by atoms with Crippen LogP contribution in [0.15, 0.2) is 18.2 Å². The molecule has 1 aromatic carbocycles. The highest BCUT2D eigenvalue weighted by Crippen LogP contribution is 2.59. The monoisotopic (exact) mass is 359 g/mol. The molecule has 1 N–H and O–H groups in total. The summed E-state index contributed by atoms with van der Waals surface area (Å²) in [5.41, 5.74) is 1.63. The molecule has 4 saturated carbocycles. The van der Waals surface area contributed by atoms with E-state index in [1.807, 2.05) is 13.0 Å². The van der Waals surface area contributed by atoms with Crippen LogP contribution in [-0.2, 0) is 4.79 Å². The molecular formula is C21H26ClNO2. The fourth-order valence-electron chi connectivity index (χ4n) is 5.95. The maximum absolute atomic E-state index is 12.7. The largest absolute Gasteiger partial charge is 0.351 e. The number of amides is 1. The fourth-order valence-corrected chi connectivity index (χ4v) is 6.15. The van der Waals surface area contributed by atoms with Gasteiger partial charge in [-0.1, -0.05) is 24.6 Å². The van der Waals surface area contributed by atoms with E-state index in [-0.39, 0.29) is 11.8 Å². The summed E-state index contributed by atoms with van der Waals surface area (Å²) in [5.74, 6) is 2.29. The van der Waals surface area contributed by atoms with E-state index in [0.29, 0.717) is 16.0 Å². The van der Waals surface area contributed by atoms with E-state index in [2.05, 4.69) is 5.32 Å². The van der Waals surface area contributed by atoms with Crippen molar-refractivity contribution < 1.29 is 9.59 Å². The normalized spacial score (nSPS) is 33.9. The zero-order valence-corrected chi connectivity index (χ0v) is 15.5. The summed E-state index contributed by atoms with van der Waals surface area (Å²) in [6.45, 7) is 2.59. The zero-order valence-electron chi connectivity index (χ0n) is 14.8. The van der Waals surface area contributed by atoms with Crippen LogP contribution < -0.4 is 5.32 Å². The molecule has 3 nitrogen and oxygen atoms in total. The van der Waals surface area contributed by atoms with Gasteiger partial charge in [0.2, 0.25) is 0 Å². The topological polar surface area (TPSA) is 46.2 Å². The summed E-state index contributed by atoms with van der Waals surface area (Å²) in [4.78, 5) is 23.8. The highest BCUT2D eigenvalue weighted by Gasteiger charge is 2.50. The van der Waals surface area contributed by atoms with Gasteiger partial charge in [-0.3, -0.25) is 4.79 Å². The molecule has 0 aromatic heterocycles. The number of aldehydes is 1. The third-order valence-corrected chi connectivity index (χ3v) is 7.08. The standard InChI is InChI=1S/C21H26ClNO2/c1-13(11-24)17-2-3-19(22)18(7-17)20(25)23-12-21-8-14-4-15(9-21)6-16(5-14)10-21/h2-3,7,11,13-16H,4-6,8-10,12H2,1H3,(H,23,25). The molecule has 0 saturated heterocycles. The molecule has 1 amide bonds. The Balaban J connectivity index is 1.47. The van der Waals surface area contributed by atoms with Crippen molar-refractivity contribution in [3.8, 4) is 0 Å². The number of benzene rings is 1. The lowest BCUT2D eigenvalue weighted by atomic mass is 9.49. The number of halogens is 1. The predicted molar refractivity (Wildman–Crippen MR) is 98.9 cm³/mol. The highest BCUT2D eigenvalue weighted by molar-refractivity contribution is 6.33. The minimum Gasteiger partial charge on any atom is -0.351 e. The first kappa shape index (κ1) is 17.1. The molecule has 0 aliphatic heterocycles. The van der Waals surface area contributed by atoms with Crippen molar-refractivity contribution in [2.24, 2.45) is 23.2 Å². The first-order chi connectivity index (χ1) is 12.0. The van der Waals surface area contributed by atoms with Gasteiger partial charge in [0.25, 0.3) is 5.91 Å². The molecule has 4 heteroatoms. The Morgan fingerprint density at radius 1 is 1.24 bits per heavy atom. The van der Waals surface area contributed by atoms with E-state index in [1.54, 1.807) is 12.1 Å². The van der Waals surface area contributed by atoms with Crippen molar-refractivity contribution in [2.45, 2.75) is 51.4 Å². The maximum atomic E-state index is 12.7. The third-order valence-electron chi connectivity index (χ3n) is 6.75. The number of rotatable bonds is 5. The van der Waals surface area contributed by atoms with Crippen LogP contribution in [0.25, 0.3) is 0 Å². The Bertz CT molecular complexity index is 664. The molecule has 0 radical (unpaired) electrons. The predicted octanol–water partition coefficient (Wildman–Crippen LogP) is 4.59. The first-order valence-corrected chi connectivity index (χ1v) is 9.89. The van der Waals surface area contributed by atoms with Crippen LogP contribution in [-0.4, -0.2) is 18.7 Å². The van der Waals surface area contributed by atoms with E-state index in [1.165, 1.54) is 38.5 Å². The molecule has 4 fully saturated rings. The second-order valence-corrected chi connectivity index (χ2v) is 9.17. The third kappa shape index (κ3) is 3.23. The number of hydrogen-bond acceptors (Lipinski definition) is 2. The lowest BCUT2D eigenvalue weighted by Crippen LogP contribution is -2.51. The second-order valence-electron chi connectivity index (χ2n) is 8.76. The van der Waals surface area contributed by atoms with Crippen molar-refractivity contribution in [3.05, 3.63) is 34.3 Å². The maximum Gasteiger partial charge on any atom is 0.252 e. The molecule has 1 atom stereocenters. The number of carbonyl (C=O) groups is 2. The van der Waals surface area contributed by atoms with Gasteiger partial charge in [-0.05, 0) is 79.4 Å². The molecule has 5 rings (SSSR count). The van der Waals surface area contributed by atoms with Crippen molar-refractivity contribution in [1.29, 1.82) is 0 Å². The smallest absolute Gasteiger partial charge is 0.252 e. The highest BCUT2D eigenvalue weighted by atomic mass is 35.5. The number of hydrogen-bond donors (Lipinski definition) is 1. The summed E-state index contributed by atoms with van der Waals surface area (Å²) in [7, 11) is 0. The van der Waals surface area contributed by atoms with Crippen LogP contribution >= 0.6 is 11.6 Å². The summed E-state index contributed by atoms with van der Waals surface area (Å²) >= 11 is 6.24. The van der Waals surface area contributed by atoms with Crippen LogP contribution in [0.2, 0.25) is 5.02 Å². The van der Waals surface area contributed by atoms with Gasteiger partial charge in [0, 0.05) is 12.5 Å². The molecule has 134 valence electrons. The van der Waals surface area contributed by atoms with Gasteiger partial charge in [-0.25, -0.2) is 0 Å². The Kier molecular flexibility index (Phi) is 4.39. The van der Waals surface area contributed by atoms with E-state index < -0.39 is 0 Å². The summed E-state index contributed by atoms with van der Waals surface area (Å²) in [6.07, 6.45) is 8.93. The minimum absolute atomic E-state index is 0.110. The Labute approximate surface area is 154 Å². The molecule has 4 bridgehead atoms. The van der Waals surface area contributed by atoms with E-state index in [9.17, 15) is 9.59 Å². The van der Waals surface area contributed by atoms with E-state index in [4.69, 9.17) is 11.6 Å². The quantitative estimate of drug-likeness (QED) is 0.781. The Morgan fingerprint density at radius 3 is 2.40 bits per heavy atom. The molecule has 0 spiro atoms. The molecule has 25 heavy (non-hydrogen) atoms. The van der Waals surface area contributed by atoms with Crippen LogP contribution in [0.1, 0.15) is 67.3 Å². The molecule has 1 aromatic rings. The van der Waals surface area contributed by atoms with Crippen LogP contribution in [0.3, 0.4) is 0 Å². The van der Waals surface area contributed by atoms with Crippen LogP contribution in [0.5, 0.6) is 0 Å². The fraction of sp³-hybridized carbons (Fsp3) is 0.619. The molecule has 4 aliphatic rings. The molecule has 0 heterocycles. The Morgan fingerprint density at radius 2 is 1.84 bits per heavy atom. The Hall–Kier alpha value is -1.35. The van der Waals surface area contributed by atoms with Gasteiger partial charge >= 0.3 is 0 Å². The summed E-state index contributed by atoms with van der Waals surface area (Å²) in [5, 5.41) is 3.62. The number of carbonyl (C=O) groups excluding carboxylic acids is 2. The lowest BCUT2D eigenvalue weighted by molar-refractivity contribution is -0.108. The van der Waals surface area contributed by atoms with Crippen molar-refractivity contribution >= 4 is 23.8 Å². The van der Waals surface area contributed by atoms with Crippen LogP contribution in [0, 0.1) is 23.2 Å². The van der Waals surface area contributed by atoms with Gasteiger partial charge in [0.15, 0.2) is 0 Å². The first-order valence-electron chi connectivity index (χ1n) is 9.51. The van der Waals surface area contributed by atoms with Gasteiger partial charge in [-0.2, -0.15) is 0 Å². The van der Waals surface area contributed by atoms with Crippen molar-refractivity contribution in [1.82, 2.24) is 5.32 Å². The molecule has 4 aliphatic carbocycles. The average molecular weight is 360 g/mol. The molecular weight excluding hydrogens is 334 g/mol. The van der Waals surface area contributed by atoms with Gasteiger partial charge in [0.05, 0.1) is 10.6 Å². The second kappa shape index (κ2) is 6.42. The lowest BCUT2D eigenvalue weighted by Gasteiger charge is -2.56. The van der Waals surface area contributed by atoms with Gasteiger partial charge < -0.3 is 10.1 Å². The van der Waals surface area contributed by atoms with Gasteiger partial charge in [0.1, 0.15) is 6.29 Å². The molecule has 1 unspecified atom stereocenters. The van der Waals surface area contributed by atoms with E-state index >= 15 is 0 Å². The van der Waals surface area contributed by atoms with Crippen molar-refractivity contribution in [2.75, 3.05) is 6.54 Å². The average Bonchev–Trinajstić information content (AvgIpc) is 2.58. The van der Waals surface area contributed by atoms with Crippen molar-refractivity contribution in [3.63, 3.8) is 0 Å².